The number of aliphatic hydroxyl groups excluding tert-OH is 1. The van der Waals surface area contributed by atoms with Crippen molar-refractivity contribution in [2.24, 2.45) is 0 Å². The molecule has 69 heavy (non-hydrogen) atoms. The van der Waals surface area contributed by atoms with Gasteiger partial charge < -0.3 is 19.8 Å². The standard InChI is InChI=1S/C60H121N2O6P/c1-6-8-10-12-14-16-17-18-19-20-21-22-23-24-25-26-27-28-29-30-31-32-33-34-35-36-37-38-39-40-41-42-43-44-46-48-50-52-54-60(64)61-58(57-68-69(65,66)67-56-55-62(3,4)5)59(63)53-51-49-47-45-15-13-11-9-7-2/h51,53,58-59,63H,6-50,52,54-57H2,1-5H3,(H-,61,64,65,66)/p+1/b53-51+. The number of quaternary nitrogens is 1. The van der Waals surface area contributed by atoms with Gasteiger partial charge in [0, 0.05) is 6.42 Å². The van der Waals surface area contributed by atoms with Crippen molar-refractivity contribution in [3.63, 3.8) is 0 Å². The number of rotatable bonds is 57. The molecule has 1 amide bonds. The molecule has 0 bridgehead atoms. The number of amides is 1. The Morgan fingerprint density at radius 2 is 0.768 bits per heavy atom. The Balaban J connectivity index is 3.76. The number of hydrogen-bond acceptors (Lipinski definition) is 5. The number of phosphoric ester groups is 1. The van der Waals surface area contributed by atoms with Gasteiger partial charge in [0.05, 0.1) is 39.9 Å². The number of allylic oxidation sites excluding steroid dienone is 1. The lowest BCUT2D eigenvalue weighted by atomic mass is 10.0. The van der Waals surface area contributed by atoms with Crippen LogP contribution in [-0.2, 0) is 18.4 Å². The molecule has 0 aromatic rings. The molecule has 0 aromatic carbocycles. The third kappa shape index (κ3) is 54.8. The molecule has 0 aliphatic rings. The summed E-state index contributed by atoms with van der Waals surface area (Å²) in [6.45, 7) is 4.82. The lowest BCUT2D eigenvalue weighted by Gasteiger charge is -2.25. The predicted octanol–water partition coefficient (Wildman–Crippen LogP) is 18.6. The van der Waals surface area contributed by atoms with Crippen molar-refractivity contribution >= 4 is 13.7 Å². The van der Waals surface area contributed by atoms with E-state index < -0.39 is 20.0 Å². The number of carbonyl (C=O) groups is 1. The van der Waals surface area contributed by atoms with E-state index in [0.29, 0.717) is 17.4 Å². The second kappa shape index (κ2) is 52.1. The monoisotopic (exact) mass is 998 g/mol. The fraction of sp³-hybridized carbons (Fsp3) is 0.950. The molecule has 3 N–H and O–H groups in total. The summed E-state index contributed by atoms with van der Waals surface area (Å²) in [6, 6.07) is -0.840. The van der Waals surface area contributed by atoms with E-state index in [-0.39, 0.29) is 19.1 Å². The number of phosphoric acid groups is 1. The third-order valence-electron chi connectivity index (χ3n) is 14.3. The minimum absolute atomic E-state index is 0.0645. The van der Waals surface area contributed by atoms with E-state index in [4.69, 9.17) is 9.05 Å². The number of nitrogens with one attached hydrogen (secondary N) is 1. The smallest absolute Gasteiger partial charge is 0.387 e. The molecule has 0 fully saturated rings. The first kappa shape index (κ1) is 68.2. The first-order valence-electron chi connectivity index (χ1n) is 30.6. The van der Waals surface area contributed by atoms with Crippen LogP contribution < -0.4 is 5.32 Å². The summed E-state index contributed by atoms with van der Waals surface area (Å²) in [4.78, 5) is 23.2. The van der Waals surface area contributed by atoms with E-state index in [1.54, 1.807) is 6.08 Å². The molecule has 3 unspecified atom stereocenters. The van der Waals surface area contributed by atoms with Crippen molar-refractivity contribution in [2.45, 2.75) is 328 Å². The molecule has 8 nitrogen and oxygen atoms in total. The molecule has 0 radical (unpaired) electrons. The zero-order valence-corrected chi connectivity index (χ0v) is 48.0. The van der Waals surface area contributed by atoms with Gasteiger partial charge in [-0.2, -0.15) is 0 Å². The molecule has 0 saturated carbocycles. The minimum atomic E-state index is -4.33. The molecule has 9 heteroatoms. The van der Waals surface area contributed by atoms with Gasteiger partial charge in [0.15, 0.2) is 0 Å². The number of hydrogen-bond donors (Lipinski definition) is 3. The van der Waals surface area contributed by atoms with Crippen LogP contribution in [-0.4, -0.2) is 73.4 Å². The Kier molecular flexibility index (Phi) is 51.5. The molecule has 3 atom stereocenters. The summed E-state index contributed by atoms with van der Waals surface area (Å²) in [7, 11) is 1.59. The summed E-state index contributed by atoms with van der Waals surface area (Å²) in [5, 5.41) is 13.8. The molecule has 0 aliphatic carbocycles. The minimum Gasteiger partial charge on any atom is -0.387 e. The molecule has 0 heterocycles. The van der Waals surface area contributed by atoms with E-state index in [2.05, 4.69) is 19.2 Å². The maximum absolute atomic E-state index is 12.9. The zero-order chi connectivity index (χ0) is 50.6. The molecule has 0 saturated heterocycles. The predicted molar refractivity (Wildman–Crippen MR) is 300 cm³/mol. The van der Waals surface area contributed by atoms with E-state index >= 15 is 0 Å². The van der Waals surface area contributed by atoms with Gasteiger partial charge in [0.2, 0.25) is 5.91 Å². The second-order valence-electron chi connectivity index (χ2n) is 22.4. The maximum Gasteiger partial charge on any atom is 0.472 e. The summed E-state index contributed by atoms with van der Waals surface area (Å²) < 4.78 is 23.6. The maximum atomic E-state index is 12.9. The van der Waals surface area contributed by atoms with Crippen molar-refractivity contribution in [3.05, 3.63) is 12.2 Å². The molecular weight excluding hydrogens is 876 g/mol. The number of nitrogens with zero attached hydrogens (tertiary/aromatic N) is 1. The molecular formula is C60H122N2O6P+. The van der Waals surface area contributed by atoms with Gasteiger partial charge in [-0.1, -0.05) is 302 Å². The average molecular weight is 999 g/mol. The van der Waals surface area contributed by atoms with Crippen LogP contribution in [0, 0.1) is 0 Å². The van der Waals surface area contributed by atoms with Crippen LogP contribution in [0.5, 0.6) is 0 Å². The van der Waals surface area contributed by atoms with E-state index in [1.165, 1.54) is 257 Å². The van der Waals surface area contributed by atoms with Gasteiger partial charge in [-0.15, -0.1) is 0 Å². The van der Waals surface area contributed by atoms with Crippen LogP contribution in [0.2, 0.25) is 0 Å². The normalized spacial score (nSPS) is 13.9. The van der Waals surface area contributed by atoms with E-state index in [9.17, 15) is 19.4 Å². The SMILES string of the molecule is CCCCCCCCC/C=C/C(O)C(COP(=O)(O)OCC[N+](C)(C)C)NC(=O)CCCCCCCCCCCCCCCCCCCCCCCCCCCCCCCCCCCCCCCC. The number of likely N-dealkylation sites (N-methyl/N-ethyl adjacent to an activating group) is 1. The topological polar surface area (TPSA) is 105 Å². The van der Waals surface area contributed by atoms with Crippen molar-refractivity contribution in [1.82, 2.24) is 5.32 Å². The Morgan fingerprint density at radius 1 is 0.478 bits per heavy atom. The third-order valence-corrected chi connectivity index (χ3v) is 15.2. The fourth-order valence-electron chi connectivity index (χ4n) is 9.46. The van der Waals surface area contributed by atoms with Crippen LogP contribution >= 0.6 is 7.82 Å². The van der Waals surface area contributed by atoms with Gasteiger partial charge in [-0.05, 0) is 19.3 Å². The van der Waals surface area contributed by atoms with Gasteiger partial charge in [0.1, 0.15) is 13.2 Å². The highest BCUT2D eigenvalue weighted by atomic mass is 31.2. The first-order valence-corrected chi connectivity index (χ1v) is 32.1. The Bertz CT molecular complexity index is 1130. The van der Waals surface area contributed by atoms with Gasteiger partial charge in [0.25, 0.3) is 0 Å². The molecule has 0 aliphatic heterocycles. The van der Waals surface area contributed by atoms with Crippen LogP contribution in [0.1, 0.15) is 316 Å². The van der Waals surface area contributed by atoms with Crippen molar-refractivity contribution in [2.75, 3.05) is 40.9 Å². The summed E-state index contributed by atoms with van der Waals surface area (Å²) in [5.74, 6) is -0.173. The summed E-state index contributed by atoms with van der Waals surface area (Å²) in [5.41, 5.74) is 0. The second-order valence-corrected chi connectivity index (χ2v) is 23.9. The molecule has 412 valence electrons. The quantitative estimate of drug-likeness (QED) is 0.0243. The van der Waals surface area contributed by atoms with Gasteiger partial charge >= 0.3 is 7.82 Å². The Labute approximate surface area is 431 Å². The highest BCUT2D eigenvalue weighted by Gasteiger charge is 2.27. The van der Waals surface area contributed by atoms with E-state index in [1.807, 2.05) is 27.2 Å². The first-order chi connectivity index (χ1) is 33.5. The number of unbranched alkanes of at least 4 members (excludes halogenated alkanes) is 44. The fourth-order valence-corrected chi connectivity index (χ4v) is 10.2. The van der Waals surface area contributed by atoms with Crippen molar-refractivity contribution in [3.8, 4) is 0 Å². The van der Waals surface area contributed by atoms with Gasteiger partial charge in [-0.3, -0.25) is 13.8 Å². The van der Waals surface area contributed by atoms with Crippen LogP contribution in [0.3, 0.4) is 0 Å². The summed E-state index contributed by atoms with van der Waals surface area (Å²) >= 11 is 0. The number of aliphatic hydroxyl groups is 1. The largest absolute Gasteiger partial charge is 0.472 e. The van der Waals surface area contributed by atoms with Crippen LogP contribution in [0.15, 0.2) is 12.2 Å². The molecule has 0 rings (SSSR count). The Hall–Kier alpha value is -0.760. The molecule has 0 spiro atoms. The number of carbonyl (C=O) groups excluding carboxylic acids is 1. The van der Waals surface area contributed by atoms with Crippen molar-refractivity contribution in [1.29, 1.82) is 0 Å². The highest BCUT2D eigenvalue weighted by molar-refractivity contribution is 7.47. The highest BCUT2D eigenvalue weighted by Crippen LogP contribution is 2.43. The van der Waals surface area contributed by atoms with Gasteiger partial charge in [-0.25, -0.2) is 4.57 Å². The van der Waals surface area contributed by atoms with Crippen molar-refractivity contribution < 1.29 is 32.9 Å². The van der Waals surface area contributed by atoms with Crippen LogP contribution in [0.4, 0.5) is 0 Å². The van der Waals surface area contributed by atoms with E-state index in [0.717, 1.165) is 38.5 Å². The van der Waals surface area contributed by atoms with Crippen LogP contribution in [0.25, 0.3) is 0 Å². The summed E-state index contributed by atoms with van der Waals surface area (Å²) in [6.07, 6.45) is 65.2. The molecule has 0 aromatic heterocycles. The lowest BCUT2D eigenvalue weighted by Crippen LogP contribution is -2.45. The average Bonchev–Trinajstić information content (AvgIpc) is 3.31. The lowest BCUT2D eigenvalue weighted by molar-refractivity contribution is -0.870. The Morgan fingerprint density at radius 3 is 1.07 bits per heavy atom. The zero-order valence-electron chi connectivity index (χ0n) is 47.1.